The van der Waals surface area contributed by atoms with Crippen LogP contribution in [0.4, 0.5) is 11.8 Å². The van der Waals surface area contributed by atoms with E-state index >= 15 is 0 Å². The molecule has 0 radical (unpaired) electrons. The molecule has 6 heteroatoms. The summed E-state index contributed by atoms with van der Waals surface area (Å²) in [5.74, 6) is 1.85. The summed E-state index contributed by atoms with van der Waals surface area (Å²) in [6.45, 7) is 5.46. The van der Waals surface area contributed by atoms with Gasteiger partial charge in [0.25, 0.3) is 0 Å². The number of morpholine rings is 1. The van der Waals surface area contributed by atoms with Crippen molar-refractivity contribution in [2.75, 3.05) is 56.2 Å². The number of nitrogens with one attached hydrogen (secondary N) is 1. The summed E-state index contributed by atoms with van der Waals surface area (Å²) in [6.07, 6.45) is 4.21. The summed E-state index contributed by atoms with van der Waals surface area (Å²) >= 11 is 0. The van der Waals surface area contributed by atoms with Crippen LogP contribution in [0.15, 0.2) is 12.3 Å². The second-order valence-electron chi connectivity index (χ2n) is 5.41. The first-order valence-corrected chi connectivity index (χ1v) is 7.44. The van der Waals surface area contributed by atoms with Gasteiger partial charge in [-0.25, -0.2) is 4.98 Å². The number of piperidine rings is 1. The lowest BCUT2D eigenvalue weighted by Crippen LogP contribution is -2.42. The van der Waals surface area contributed by atoms with Crippen molar-refractivity contribution in [2.45, 2.75) is 18.9 Å². The second kappa shape index (κ2) is 6.37. The van der Waals surface area contributed by atoms with Gasteiger partial charge in [-0.2, -0.15) is 4.98 Å². The molecule has 20 heavy (non-hydrogen) atoms. The molecule has 0 unspecified atom stereocenters. The Labute approximate surface area is 120 Å². The highest BCUT2D eigenvalue weighted by molar-refractivity contribution is 5.44. The zero-order valence-corrected chi connectivity index (χ0v) is 12.1. The minimum atomic E-state index is 0.573. The fourth-order valence-corrected chi connectivity index (χ4v) is 2.83. The zero-order chi connectivity index (χ0) is 13.8. The Balaban J connectivity index is 1.72. The van der Waals surface area contributed by atoms with E-state index in [4.69, 9.17) is 9.72 Å². The maximum Gasteiger partial charge on any atom is 0.227 e. The van der Waals surface area contributed by atoms with Gasteiger partial charge in [-0.05, 0) is 32.0 Å². The third kappa shape index (κ3) is 3.02. The molecule has 2 fully saturated rings. The maximum absolute atomic E-state index is 5.38. The van der Waals surface area contributed by atoms with E-state index in [1.807, 2.05) is 12.3 Å². The fourth-order valence-electron chi connectivity index (χ4n) is 2.83. The first-order chi connectivity index (χ1) is 9.84. The molecule has 0 bridgehead atoms. The molecule has 110 valence electrons. The minimum Gasteiger partial charge on any atom is -0.378 e. The van der Waals surface area contributed by atoms with Crippen molar-refractivity contribution in [1.29, 1.82) is 0 Å². The van der Waals surface area contributed by atoms with Gasteiger partial charge in [-0.1, -0.05) is 0 Å². The highest BCUT2D eigenvalue weighted by Gasteiger charge is 2.20. The summed E-state index contributed by atoms with van der Waals surface area (Å²) < 4.78 is 5.38. The molecule has 3 heterocycles. The Kier molecular flexibility index (Phi) is 4.32. The van der Waals surface area contributed by atoms with Gasteiger partial charge in [0, 0.05) is 32.4 Å². The number of hydrogen-bond donors (Lipinski definition) is 1. The number of hydrogen-bond acceptors (Lipinski definition) is 6. The lowest BCUT2D eigenvalue weighted by molar-refractivity contribution is 0.122. The molecule has 0 aliphatic carbocycles. The van der Waals surface area contributed by atoms with Gasteiger partial charge in [0.05, 0.1) is 13.2 Å². The van der Waals surface area contributed by atoms with E-state index in [-0.39, 0.29) is 0 Å². The predicted molar refractivity (Wildman–Crippen MR) is 79.4 cm³/mol. The van der Waals surface area contributed by atoms with Crippen LogP contribution in [0, 0.1) is 0 Å². The Hall–Kier alpha value is -1.40. The maximum atomic E-state index is 5.38. The first kappa shape index (κ1) is 13.6. The number of ether oxygens (including phenoxy) is 1. The van der Waals surface area contributed by atoms with E-state index in [9.17, 15) is 0 Å². The molecular weight excluding hydrogens is 254 g/mol. The van der Waals surface area contributed by atoms with Crippen LogP contribution >= 0.6 is 0 Å². The highest BCUT2D eigenvalue weighted by Crippen LogP contribution is 2.20. The molecule has 0 aromatic carbocycles. The monoisotopic (exact) mass is 277 g/mol. The summed E-state index contributed by atoms with van der Waals surface area (Å²) in [5, 5.41) is 3.40. The molecule has 2 aliphatic heterocycles. The number of nitrogens with zero attached hydrogens (tertiary/aromatic N) is 4. The van der Waals surface area contributed by atoms with Crippen molar-refractivity contribution in [3.05, 3.63) is 12.3 Å². The molecule has 1 aromatic rings. The molecule has 2 saturated heterocycles. The second-order valence-corrected chi connectivity index (χ2v) is 5.41. The lowest BCUT2D eigenvalue weighted by Gasteiger charge is -2.33. The molecular formula is C14H23N5O. The molecule has 0 atom stereocenters. The SMILES string of the molecule is CN(c1ccnc(N2CCOCC2)n1)C1CCNCC1. The van der Waals surface area contributed by atoms with Gasteiger partial charge >= 0.3 is 0 Å². The van der Waals surface area contributed by atoms with E-state index in [1.165, 1.54) is 12.8 Å². The molecule has 1 aromatic heterocycles. The van der Waals surface area contributed by atoms with Gasteiger partial charge in [0.1, 0.15) is 5.82 Å². The van der Waals surface area contributed by atoms with Crippen LogP contribution < -0.4 is 15.1 Å². The molecule has 0 amide bonds. The average Bonchev–Trinajstić information content (AvgIpc) is 2.56. The Morgan fingerprint density at radius 1 is 1.30 bits per heavy atom. The molecule has 2 aliphatic rings. The van der Waals surface area contributed by atoms with Gasteiger partial charge in [-0.15, -0.1) is 0 Å². The molecule has 0 spiro atoms. The normalized spacial score (nSPS) is 20.9. The summed E-state index contributed by atoms with van der Waals surface area (Å²) in [6, 6.07) is 2.58. The summed E-state index contributed by atoms with van der Waals surface area (Å²) in [4.78, 5) is 13.6. The summed E-state index contributed by atoms with van der Waals surface area (Å²) in [7, 11) is 2.14. The molecule has 1 N–H and O–H groups in total. The van der Waals surface area contributed by atoms with E-state index in [2.05, 4.69) is 27.1 Å². The van der Waals surface area contributed by atoms with Crippen molar-refractivity contribution in [2.24, 2.45) is 0 Å². The minimum absolute atomic E-state index is 0.573. The Morgan fingerprint density at radius 3 is 2.80 bits per heavy atom. The van der Waals surface area contributed by atoms with Crippen molar-refractivity contribution < 1.29 is 4.74 Å². The van der Waals surface area contributed by atoms with E-state index in [1.54, 1.807) is 0 Å². The predicted octanol–water partition coefficient (Wildman–Crippen LogP) is 0.501. The molecule has 6 nitrogen and oxygen atoms in total. The van der Waals surface area contributed by atoms with E-state index in [0.29, 0.717) is 6.04 Å². The standard InChI is InChI=1S/C14H23N5O/c1-18(12-2-5-15-6-3-12)13-4-7-16-14(17-13)19-8-10-20-11-9-19/h4,7,12,15H,2-3,5-6,8-11H2,1H3. The Bertz CT molecular complexity index is 429. The van der Waals surface area contributed by atoms with E-state index in [0.717, 1.165) is 51.2 Å². The van der Waals surface area contributed by atoms with Crippen LogP contribution in [0.2, 0.25) is 0 Å². The van der Waals surface area contributed by atoms with Crippen molar-refractivity contribution in [1.82, 2.24) is 15.3 Å². The van der Waals surface area contributed by atoms with Crippen molar-refractivity contribution in [3.8, 4) is 0 Å². The van der Waals surface area contributed by atoms with Crippen LogP contribution in [0.5, 0.6) is 0 Å². The lowest BCUT2D eigenvalue weighted by atomic mass is 10.1. The molecule has 3 rings (SSSR count). The number of anilines is 2. The third-order valence-corrected chi connectivity index (χ3v) is 4.14. The number of aromatic nitrogens is 2. The van der Waals surface area contributed by atoms with Crippen molar-refractivity contribution in [3.63, 3.8) is 0 Å². The van der Waals surface area contributed by atoms with Crippen LogP contribution in [0.3, 0.4) is 0 Å². The zero-order valence-electron chi connectivity index (χ0n) is 12.1. The fraction of sp³-hybridized carbons (Fsp3) is 0.714. The smallest absolute Gasteiger partial charge is 0.227 e. The topological polar surface area (TPSA) is 53.5 Å². The van der Waals surface area contributed by atoms with Crippen LogP contribution in [-0.4, -0.2) is 62.5 Å². The third-order valence-electron chi connectivity index (χ3n) is 4.14. The van der Waals surface area contributed by atoms with Gasteiger partial charge < -0.3 is 19.9 Å². The summed E-state index contributed by atoms with van der Waals surface area (Å²) in [5.41, 5.74) is 0. The van der Waals surface area contributed by atoms with Crippen molar-refractivity contribution >= 4 is 11.8 Å². The highest BCUT2D eigenvalue weighted by atomic mass is 16.5. The molecule has 0 saturated carbocycles. The quantitative estimate of drug-likeness (QED) is 0.868. The largest absolute Gasteiger partial charge is 0.378 e. The van der Waals surface area contributed by atoms with Crippen LogP contribution in [0.25, 0.3) is 0 Å². The van der Waals surface area contributed by atoms with E-state index < -0.39 is 0 Å². The number of rotatable bonds is 3. The van der Waals surface area contributed by atoms with Gasteiger partial charge in [-0.3, -0.25) is 0 Å². The average molecular weight is 277 g/mol. The van der Waals surface area contributed by atoms with Crippen LogP contribution in [-0.2, 0) is 4.74 Å². The van der Waals surface area contributed by atoms with Gasteiger partial charge in [0.15, 0.2) is 0 Å². The first-order valence-electron chi connectivity index (χ1n) is 7.44. The Morgan fingerprint density at radius 2 is 2.05 bits per heavy atom. The van der Waals surface area contributed by atoms with Gasteiger partial charge in [0.2, 0.25) is 5.95 Å². The van der Waals surface area contributed by atoms with Crippen LogP contribution in [0.1, 0.15) is 12.8 Å².